The van der Waals surface area contributed by atoms with Crippen molar-refractivity contribution in [1.82, 2.24) is 0 Å². The van der Waals surface area contributed by atoms with Crippen molar-refractivity contribution in [3.05, 3.63) is 42.0 Å². The second-order valence-corrected chi connectivity index (χ2v) is 3.61. The zero-order chi connectivity index (χ0) is 12.8. The molecule has 0 fully saturated rings. The largest absolute Gasteiger partial charge is 0.497 e. The standard InChI is InChI=1S/C13H16O4/c1-9(8-17-10(2)14)13(15)11-4-6-12(16-3)7-5-11/h4-7,13,15H,1,8H2,2-3H3. The van der Waals surface area contributed by atoms with Gasteiger partial charge in [0.25, 0.3) is 0 Å². The molecule has 1 aromatic rings. The van der Waals surface area contributed by atoms with E-state index >= 15 is 0 Å². The minimum Gasteiger partial charge on any atom is -0.497 e. The highest BCUT2D eigenvalue weighted by atomic mass is 16.5. The van der Waals surface area contributed by atoms with Gasteiger partial charge in [0.15, 0.2) is 0 Å². The van der Waals surface area contributed by atoms with Gasteiger partial charge in [-0.15, -0.1) is 0 Å². The molecule has 17 heavy (non-hydrogen) atoms. The Balaban J connectivity index is 2.64. The van der Waals surface area contributed by atoms with Crippen molar-refractivity contribution in [2.75, 3.05) is 13.7 Å². The Morgan fingerprint density at radius 3 is 2.47 bits per heavy atom. The first-order valence-corrected chi connectivity index (χ1v) is 5.17. The molecule has 0 saturated heterocycles. The fraction of sp³-hybridized carbons (Fsp3) is 0.308. The van der Waals surface area contributed by atoms with Crippen LogP contribution in [0.3, 0.4) is 0 Å². The lowest BCUT2D eigenvalue weighted by molar-refractivity contribution is -0.140. The molecule has 0 aliphatic heterocycles. The summed E-state index contributed by atoms with van der Waals surface area (Å²) in [6, 6.07) is 6.97. The highest BCUT2D eigenvalue weighted by molar-refractivity contribution is 5.66. The van der Waals surface area contributed by atoms with Crippen molar-refractivity contribution in [1.29, 1.82) is 0 Å². The van der Waals surface area contributed by atoms with E-state index in [9.17, 15) is 9.90 Å². The predicted octanol–water partition coefficient (Wildman–Crippen LogP) is 1.85. The van der Waals surface area contributed by atoms with Gasteiger partial charge in [0.05, 0.1) is 7.11 Å². The number of carbonyl (C=O) groups excluding carboxylic acids is 1. The van der Waals surface area contributed by atoms with Crippen molar-refractivity contribution in [3.8, 4) is 5.75 Å². The number of methoxy groups -OCH3 is 1. The van der Waals surface area contributed by atoms with Crippen LogP contribution >= 0.6 is 0 Å². The van der Waals surface area contributed by atoms with Crippen molar-refractivity contribution in [3.63, 3.8) is 0 Å². The molecule has 0 saturated carbocycles. The molecule has 0 amide bonds. The molecule has 0 aliphatic carbocycles. The third-order valence-corrected chi connectivity index (χ3v) is 2.28. The first-order chi connectivity index (χ1) is 8.04. The highest BCUT2D eigenvalue weighted by Gasteiger charge is 2.12. The van der Waals surface area contributed by atoms with E-state index in [4.69, 9.17) is 9.47 Å². The van der Waals surface area contributed by atoms with E-state index in [-0.39, 0.29) is 6.61 Å². The Hall–Kier alpha value is -1.81. The van der Waals surface area contributed by atoms with Crippen molar-refractivity contribution in [2.45, 2.75) is 13.0 Å². The number of aliphatic hydroxyl groups excluding tert-OH is 1. The van der Waals surface area contributed by atoms with Gasteiger partial charge in [0.1, 0.15) is 18.5 Å². The summed E-state index contributed by atoms with van der Waals surface area (Å²) in [4.78, 5) is 10.6. The van der Waals surface area contributed by atoms with Crippen LogP contribution in [0.1, 0.15) is 18.6 Å². The monoisotopic (exact) mass is 236 g/mol. The smallest absolute Gasteiger partial charge is 0.302 e. The van der Waals surface area contributed by atoms with Crippen LogP contribution in [0.15, 0.2) is 36.4 Å². The summed E-state index contributed by atoms with van der Waals surface area (Å²) in [5.74, 6) is 0.319. The number of ether oxygens (including phenoxy) is 2. The number of rotatable bonds is 5. The molecule has 0 spiro atoms. The number of aliphatic hydroxyl groups is 1. The quantitative estimate of drug-likeness (QED) is 0.626. The molecular weight excluding hydrogens is 220 g/mol. The molecule has 1 rings (SSSR count). The van der Waals surface area contributed by atoms with E-state index in [0.717, 1.165) is 0 Å². The molecule has 4 heteroatoms. The SMILES string of the molecule is C=C(COC(C)=O)C(O)c1ccc(OC)cc1. The predicted molar refractivity (Wildman–Crippen MR) is 63.7 cm³/mol. The maximum Gasteiger partial charge on any atom is 0.302 e. The van der Waals surface area contributed by atoms with E-state index in [1.54, 1.807) is 31.4 Å². The Morgan fingerprint density at radius 1 is 1.41 bits per heavy atom. The van der Waals surface area contributed by atoms with Gasteiger partial charge in [-0.2, -0.15) is 0 Å². The summed E-state index contributed by atoms with van der Waals surface area (Å²) < 4.78 is 9.78. The molecule has 0 radical (unpaired) electrons. The zero-order valence-corrected chi connectivity index (χ0v) is 9.97. The summed E-state index contributed by atoms with van der Waals surface area (Å²) in [6.07, 6.45) is -0.847. The molecule has 1 N–H and O–H groups in total. The fourth-order valence-electron chi connectivity index (χ4n) is 1.30. The maximum atomic E-state index is 10.6. The van der Waals surface area contributed by atoms with Crippen LogP contribution < -0.4 is 4.74 Å². The minimum atomic E-state index is -0.847. The third-order valence-electron chi connectivity index (χ3n) is 2.28. The first-order valence-electron chi connectivity index (χ1n) is 5.17. The Morgan fingerprint density at radius 2 is 2.00 bits per heavy atom. The molecule has 92 valence electrons. The molecule has 0 aromatic heterocycles. The third kappa shape index (κ3) is 3.92. The average molecular weight is 236 g/mol. The zero-order valence-electron chi connectivity index (χ0n) is 9.97. The van der Waals surface area contributed by atoms with Gasteiger partial charge >= 0.3 is 5.97 Å². The van der Waals surface area contributed by atoms with Gasteiger partial charge in [-0.3, -0.25) is 4.79 Å². The molecule has 0 bridgehead atoms. The van der Waals surface area contributed by atoms with Crippen molar-refractivity contribution in [2.24, 2.45) is 0 Å². The number of esters is 1. The molecule has 0 heterocycles. The topological polar surface area (TPSA) is 55.8 Å². The number of hydrogen-bond donors (Lipinski definition) is 1. The van der Waals surface area contributed by atoms with Gasteiger partial charge in [0, 0.05) is 6.92 Å². The Bertz CT molecular complexity index is 394. The van der Waals surface area contributed by atoms with E-state index in [2.05, 4.69) is 6.58 Å². The van der Waals surface area contributed by atoms with Crippen LogP contribution in [0.4, 0.5) is 0 Å². The second kappa shape index (κ2) is 6.06. The minimum absolute atomic E-state index is 0.0164. The Labute approximate surface area is 100 Å². The molecule has 4 nitrogen and oxygen atoms in total. The average Bonchev–Trinajstić information content (AvgIpc) is 2.35. The molecule has 1 unspecified atom stereocenters. The number of carbonyl (C=O) groups is 1. The van der Waals surface area contributed by atoms with Gasteiger partial charge in [-0.05, 0) is 23.3 Å². The molecule has 1 atom stereocenters. The van der Waals surface area contributed by atoms with E-state index in [1.807, 2.05) is 0 Å². The van der Waals surface area contributed by atoms with Crippen LogP contribution in [0.25, 0.3) is 0 Å². The second-order valence-electron chi connectivity index (χ2n) is 3.61. The number of benzene rings is 1. The fourth-order valence-corrected chi connectivity index (χ4v) is 1.30. The molecule has 1 aromatic carbocycles. The van der Waals surface area contributed by atoms with Crippen LogP contribution in [0, 0.1) is 0 Å². The first kappa shape index (κ1) is 13.3. The van der Waals surface area contributed by atoms with Gasteiger partial charge < -0.3 is 14.6 Å². The molecule has 0 aliphatic rings. The number of hydrogen-bond acceptors (Lipinski definition) is 4. The highest BCUT2D eigenvalue weighted by Crippen LogP contribution is 2.22. The van der Waals surface area contributed by atoms with Crippen molar-refractivity contribution < 1.29 is 19.4 Å². The summed E-state index contributed by atoms with van der Waals surface area (Å²) in [5.41, 5.74) is 1.12. The summed E-state index contributed by atoms with van der Waals surface area (Å²) in [6.45, 7) is 5.02. The van der Waals surface area contributed by atoms with Gasteiger partial charge in [-0.1, -0.05) is 18.7 Å². The lowest BCUT2D eigenvalue weighted by Gasteiger charge is -2.14. The van der Waals surface area contributed by atoms with Crippen LogP contribution in [0.5, 0.6) is 5.75 Å². The van der Waals surface area contributed by atoms with E-state index in [1.165, 1.54) is 6.92 Å². The van der Waals surface area contributed by atoms with Crippen molar-refractivity contribution >= 4 is 5.97 Å². The maximum absolute atomic E-state index is 10.6. The lowest BCUT2D eigenvalue weighted by atomic mass is 10.0. The lowest BCUT2D eigenvalue weighted by Crippen LogP contribution is -2.09. The van der Waals surface area contributed by atoms with Crippen LogP contribution in [-0.2, 0) is 9.53 Å². The van der Waals surface area contributed by atoms with E-state index in [0.29, 0.717) is 16.9 Å². The van der Waals surface area contributed by atoms with Gasteiger partial charge in [0.2, 0.25) is 0 Å². The summed E-state index contributed by atoms with van der Waals surface area (Å²) in [5, 5.41) is 9.93. The van der Waals surface area contributed by atoms with Crippen LogP contribution in [-0.4, -0.2) is 24.8 Å². The normalized spacial score (nSPS) is 11.7. The summed E-state index contributed by atoms with van der Waals surface area (Å²) in [7, 11) is 1.57. The van der Waals surface area contributed by atoms with Crippen LogP contribution in [0.2, 0.25) is 0 Å². The Kier molecular flexibility index (Phi) is 4.72. The van der Waals surface area contributed by atoms with Gasteiger partial charge in [-0.25, -0.2) is 0 Å². The molecular formula is C13H16O4. The summed E-state index contributed by atoms with van der Waals surface area (Å²) >= 11 is 0. The van der Waals surface area contributed by atoms with E-state index < -0.39 is 12.1 Å².